The zero-order valence-electron chi connectivity index (χ0n) is 15.7. The molecule has 0 bridgehead atoms. The minimum Gasteiger partial charge on any atom is -0.496 e. The van der Waals surface area contributed by atoms with E-state index < -0.39 is 0 Å². The molecule has 1 aromatic heterocycles. The molecule has 0 fully saturated rings. The van der Waals surface area contributed by atoms with Crippen molar-refractivity contribution in [1.29, 1.82) is 0 Å². The maximum Gasteiger partial charge on any atom is 0.226 e. The Hall–Kier alpha value is -2.30. The van der Waals surface area contributed by atoms with Gasteiger partial charge in [-0.2, -0.15) is 5.10 Å². The fourth-order valence-corrected chi connectivity index (χ4v) is 3.42. The van der Waals surface area contributed by atoms with E-state index in [0.29, 0.717) is 18.3 Å². The number of amides is 1. The number of carbonyl (C=O) groups excluding carboxylic acids is 1. The number of methoxy groups -OCH3 is 1. The molecule has 1 aliphatic rings. The van der Waals surface area contributed by atoms with Crippen LogP contribution in [0.4, 0.5) is 5.82 Å². The highest BCUT2D eigenvalue weighted by Crippen LogP contribution is 2.41. The molecular weight excluding hydrogens is 314 g/mol. The maximum absolute atomic E-state index is 12.4. The van der Waals surface area contributed by atoms with E-state index in [1.807, 2.05) is 16.9 Å². The van der Waals surface area contributed by atoms with E-state index >= 15 is 0 Å². The molecule has 3 rings (SSSR count). The third-order valence-corrected chi connectivity index (χ3v) is 4.72. The van der Waals surface area contributed by atoms with Crippen LogP contribution < -0.4 is 10.1 Å². The van der Waals surface area contributed by atoms with Crippen LogP contribution in [0.25, 0.3) is 0 Å². The topological polar surface area (TPSA) is 56.1 Å². The van der Waals surface area contributed by atoms with Gasteiger partial charge >= 0.3 is 0 Å². The second kappa shape index (κ2) is 6.90. The Kier molecular flexibility index (Phi) is 4.84. The molecule has 0 saturated carbocycles. The number of hydrogen-bond acceptors (Lipinski definition) is 3. The fourth-order valence-electron chi connectivity index (χ4n) is 3.42. The van der Waals surface area contributed by atoms with Crippen molar-refractivity contribution in [1.82, 2.24) is 9.78 Å². The average Bonchev–Trinajstić information content (AvgIpc) is 2.95. The Morgan fingerprint density at radius 2 is 2.04 bits per heavy atom. The van der Waals surface area contributed by atoms with Crippen LogP contribution >= 0.6 is 0 Å². The first kappa shape index (κ1) is 17.5. The summed E-state index contributed by atoms with van der Waals surface area (Å²) in [6.45, 7) is 9.42. The van der Waals surface area contributed by atoms with Crippen molar-refractivity contribution in [3.63, 3.8) is 0 Å². The number of fused-ring (bicyclic) bond motifs is 1. The van der Waals surface area contributed by atoms with Gasteiger partial charge in [0.05, 0.1) is 13.3 Å². The van der Waals surface area contributed by atoms with Gasteiger partial charge in [-0.05, 0) is 23.5 Å². The first-order chi connectivity index (χ1) is 11.9. The smallest absolute Gasteiger partial charge is 0.226 e. The number of benzene rings is 1. The van der Waals surface area contributed by atoms with Crippen LogP contribution in [0.3, 0.4) is 0 Å². The highest BCUT2D eigenvalue weighted by molar-refractivity contribution is 5.94. The largest absolute Gasteiger partial charge is 0.496 e. The molecule has 0 radical (unpaired) electrons. The second-order valence-electron chi connectivity index (χ2n) is 7.49. The number of ether oxygens (including phenoxy) is 1. The molecule has 1 atom stereocenters. The molecule has 1 aliphatic heterocycles. The Labute approximate surface area is 149 Å². The summed E-state index contributed by atoms with van der Waals surface area (Å²) in [5.41, 5.74) is 3.38. The lowest BCUT2D eigenvalue weighted by molar-refractivity contribution is -0.116. The quantitative estimate of drug-likeness (QED) is 0.889. The molecule has 0 aliphatic carbocycles. The van der Waals surface area contributed by atoms with Crippen molar-refractivity contribution in [2.24, 2.45) is 5.92 Å². The van der Waals surface area contributed by atoms with E-state index in [1.165, 1.54) is 5.56 Å². The standard InChI is InChI=1S/C20H27N3O2/c1-12(2)11-23-20-17(10-21-23)15(9-19(24)22-20)16-8-14(13(3)4)6-7-18(16)25-5/h6-8,10,12-13,15H,9,11H2,1-5H3,(H,22,24). The molecule has 25 heavy (non-hydrogen) atoms. The van der Waals surface area contributed by atoms with E-state index in [-0.39, 0.29) is 11.8 Å². The van der Waals surface area contributed by atoms with Crippen LogP contribution in [0.5, 0.6) is 5.75 Å². The average molecular weight is 341 g/mol. The molecule has 2 aromatic rings. The molecule has 0 spiro atoms. The molecule has 5 nitrogen and oxygen atoms in total. The lowest BCUT2D eigenvalue weighted by Gasteiger charge is -2.26. The summed E-state index contributed by atoms with van der Waals surface area (Å²) in [5.74, 6) is 2.53. The van der Waals surface area contributed by atoms with Crippen molar-refractivity contribution in [3.8, 4) is 5.75 Å². The molecule has 1 amide bonds. The molecular formula is C20H27N3O2. The van der Waals surface area contributed by atoms with Crippen LogP contribution in [0, 0.1) is 5.92 Å². The van der Waals surface area contributed by atoms with Gasteiger partial charge in [0, 0.05) is 30.0 Å². The van der Waals surface area contributed by atoms with Gasteiger partial charge in [0.25, 0.3) is 0 Å². The van der Waals surface area contributed by atoms with Gasteiger partial charge in [0.15, 0.2) is 0 Å². The summed E-state index contributed by atoms with van der Waals surface area (Å²) in [6.07, 6.45) is 2.31. The molecule has 0 saturated heterocycles. The van der Waals surface area contributed by atoms with Gasteiger partial charge in [-0.25, -0.2) is 4.68 Å². The molecule has 1 N–H and O–H groups in total. The zero-order chi connectivity index (χ0) is 18.1. The first-order valence-corrected chi connectivity index (χ1v) is 8.94. The lowest BCUT2D eigenvalue weighted by Crippen LogP contribution is -2.25. The van der Waals surface area contributed by atoms with E-state index in [2.05, 4.69) is 50.2 Å². The summed E-state index contributed by atoms with van der Waals surface area (Å²) < 4.78 is 7.50. The Bertz CT molecular complexity index is 777. The maximum atomic E-state index is 12.4. The minimum absolute atomic E-state index is 0.0278. The zero-order valence-corrected chi connectivity index (χ0v) is 15.7. The van der Waals surface area contributed by atoms with Crippen LogP contribution in [0.2, 0.25) is 0 Å². The monoisotopic (exact) mass is 341 g/mol. The van der Waals surface area contributed by atoms with E-state index in [9.17, 15) is 4.79 Å². The lowest BCUT2D eigenvalue weighted by atomic mass is 9.85. The summed E-state index contributed by atoms with van der Waals surface area (Å²) in [4.78, 5) is 12.4. The van der Waals surface area contributed by atoms with Gasteiger partial charge < -0.3 is 10.1 Å². The SMILES string of the molecule is COc1ccc(C(C)C)cc1C1CC(=O)Nc2c1cnn2CC(C)C. The van der Waals surface area contributed by atoms with Crippen molar-refractivity contribution in [3.05, 3.63) is 41.1 Å². The summed E-state index contributed by atoms with van der Waals surface area (Å²) >= 11 is 0. The Balaban J connectivity index is 2.09. The number of nitrogens with one attached hydrogen (secondary N) is 1. The predicted molar refractivity (Wildman–Crippen MR) is 99.2 cm³/mol. The van der Waals surface area contributed by atoms with Crippen LogP contribution in [-0.2, 0) is 11.3 Å². The summed E-state index contributed by atoms with van der Waals surface area (Å²) in [6, 6.07) is 6.28. The minimum atomic E-state index is -0.0293. The summed E-state index contributed by atoms with van der Waals surface area (Å²) in [7, 11) is 1.68. The van der Waals surface area contributed by atoms with Crippen molar-refractivity contribution >= 4 is 11.7 Å². The Morgan fingerprint density at radius 1 is 1.28 bits per heavy atom. The number of rotatable bonds is 5. The van der Waals surface area contributed by atoms with Crippen molar-refractivity contribution < 1.29 is 9.53 Å². The van der Waals surface area contributed by atoms with Crippen molar-refractivity contribution in [2.45, 2.75) is 52.5 Å². The van der Waals surface area contributed by atoms with Gasteiger partial charge in [0.1, 0.15) is 11.6 Å². The van der Waals surface area contributed by atoms with E-state index in [0.717, 1.165) is 29.2 Å². The number of carbonyl (C=O) groups is 1. The highest BCUT2D eigenvalue weighted by atomic mass is 16.5. The predicted octanol–water partition coefficient (Wildman–Crippen LogP) is 4.15. The number of nitrogens with zero attached hydrogens (tertiary/aromatic N) is 2. The Morgan fingerprint density at radius 3 is 2.68 bits per heavy atom. The number of hydrogen-bond donors (Lipinski definition) is 1. The van der Waals surface area contributed by atoms with E-state index in [4.69, 9.17) is 4.74 Å². The van der Waals surface area contributed by atoms with Crippen molar-refractivity contribution in [2.75, 3.05) is 12.4 Å². The number of aromatic nitrogens is 2. The van der Waals surface area contributed by atoms with Crippen LogP contribution in [0.15, 0.2) is 24.4 Å². The van der Waals surface area contributed by atoms with Gasteiger partial charge in [0.2, 0.25) is 5.91 Å². The normalized spacial score (nSPS) is 16.9. The fraction of sp³-hybridized carbons (Fsp3) is 0.500. The molecule has 5 heteroatoms. The van der Waals surface area contributed by atoms with Gasteiger partial charge in [-0.3, -0.25) is 4.79 Å². The highest BCUT2D eigenvalue weighted by Gasteiger charge is 2.32. The van der Waals surface area contributed by atoms with Gasteiger partial charge in [-0.15, -0.1) is 0 Å². The number of anilines is 1. The molecule has 1 aromatic carbocycles. The van der Waals surface area contributed by atoms with Gasteiger partial charge in [-0.1, -0.05) is 39.8 Å². The van der Waals surface area contributed by atoms with Crippen LogP contribution in [-0.4, -0.2) is 22.8 Å². The third kappa shape index (κ3) is 3.41. The molecule has 1 unspecified atom stereocenters. The van der Waals surface area contributed by atoms with Crippen LogP contribution in [0.1, 0.15) is 62.6 Å². The first-order valence-electron chi connectivity index (χ1n) is 8.94. The third-order valence-electron chi connectivity index (χ3n) is 4.72. The summed E-state index contributed by atoms with van der Waals surface area (Å²) in [5, 5.41) is 7.53. The second-order valence-corrected chi connectivity index (χ2v) is 7.49. The van der Waals surface area contributed by atoms with E-state index in [1.54, 1.807) is 7.11 Å². The molecule has 2 heterocycles. The molecule has 134 valence electrons.